The first-order valence-corrected chi connectivity index (χ1v) is 4.83. The van der Waals surface area contributed by atoms with E-state index in [1.807, 2.05) is 6.92 Å². The molecule has 0 bridgehead atoms. The van der Waals surface area contributed by atoms with Crippen molar-refractivity contribution in [2.45, 2.75) is 19.9 Å². The lowest BCUT2D eigenvalue weighted by atomic mass is 10.1. The Morgan fingerprint density at radius 3 is 2.80 bits per heavy atom. The highest BCUT2D eigenvalue weighted by Gasteiger charge is 2.09. The Balaban J connectivity index is 2.90. The summed E-state index contributed by atoms with van der Waals surface area (Å²) in [5.41, 5.74) is 7.31. The third kappa shape index (κ3) is 3.36. The number of hydrogen-bond acceptors (Lipinski definition) is 2. The molecule has 2 nitrogen and oxygen atoms in total. The molecule has 0 spiro atoms. The number of benzene rings is 1. The van der Waals surface area contributed by atoms with Gasteiger partial charge in [-0.15, -0.1) is 0 Å². The molecular formula is C12H16FNO. The van der Waals surface area contributed by atoms with Gasteiger partial charge in [-0.05, 0) is 37.6 Å². The van der Waals surface area contributed by atoms with Gasteiger partial charge >= 0.3 is 0 Å². The molecule has 0 saturated heterocycles. The van der Waals surface area contributed by atoms with E-state index in [1.54, 1.807) is 13.0 Å². The van der Waals surface area contributed by atoms with Crippen molar-refractivity contribution in [1.29, 1.82) is 0 Å². The average Bonchev–Trinajstić information content (AvgIpc) is 2.15. The molecule has 0 aliphatic carbocycles. The molecule has 0 radical (unpaired) electrons. The van der Waals surface area contributed by atoms with Gasteiger partial charge in [0.1, 0.15) is 18.2 Å². The lowest BCUT2D eigenvalue weighted by Crippen LogP contribution is -2.09. The summed E-state index contributed by atoms with van der Waals surface area (Å²) in [5, 5.41) is 0. The van der Waals surface area contributed by atoms with E-state index in [1.165, 1.54) is 12.1 Å². The monoisotopic (exact) mass is 209 g/mol. The Kier molecular flexibility index (Phi) is 3.86. The van der Waals surface area contributed by atoms with Crippen molar-refractivity contribution >= 4 is 0 Å². The largest absolute Gasteiger partial charge is 0.489 e. The van der Waals surface area contributed by atoms with Gasteiger partial charge in [0.2, 0.25) is 0 Å². The van der Waals surface area contributed by atoms with Crippen molar-refractivity contribution in [2.75, 3.05) is 6.61 Å². The number of nitrogens with two attached hydrogens (primary N) is 1. The van der Waals surface area contributed by atoms with Gasteiger partial charge in [-0.3, -0.25) is 0 Å². The molecule has 0 aliphatic rings. The fourth-order valence-corrected chi connectivity index (χ4v) is 1.21. The van der Waals surface area contributed by atoms with Crippen molar-refractivity contribution in [2.24, 2.45) is 5.73 Å². The summed E-state index contributed by atoms with van der Waals surface area (Å²) in [6, 6.07) is 4.11. The highest BCUT2D eigenvalue weighted by molar-refractivity contribution is 5.36. The van der Waals surface area contributed by atoms with Crippen LogP contribution in [0, 0.1) is 5.82 Å². The molecule has 1 rings (SSSR count). The SMILES string of the molecule is C=C(C)COc1ccc(F)cc1[C@@H](C)N. The fraction of sp³-hybridized carbons (Fsp3) is 0.333. The van der Waals surface area contributed by atoms with Crippen molar-refractivity contribution in [3.8, 4) is 5.75 Å². The Labute approximate surface area is 89.6 Å². The number of ether oxygens (including phenoxy) is 1. The molecule has 15 heavy (non-hydrogen) atoms. The smallest absolute Gasteiger partial charge is 0.124 e. The first kappa shape index (κ1) is 11.7. The van der Waals surface area contributed by atoms with Gasteiger partial charge in [0.15, 0.2) is 0 Å². The van der Waals surface area contributed by atoms with Crippen LogP contribution in [0.3, 0.4) is 0 Å². The van der Waals surface area contributed by atoms with E-state index in [-0.39, 0.29) is 11.9 Å². The quantitative estimate of drug-likeness (QED) is 0.774. The van der Waals surface area contributed by atoms with Crippen LogP contribution in [0.2, 0.25) is 0 Å². The van der Waals surface area contributed by atoms with Gasteiger partial charge in [0, 0.05) is 11.6 Å². The van der Waals surface area contributed by atoms with Gasteiger partial charge in [-0.25, -0.2) is 4.39 Å². The summed E-state index contributed by atoms with van der Waals surface area (Å²) >= 11 is 0. The summed E-state index contributed by atoms with van der Waals surface area (Å²) < 4.78 is 18.4. The molecular weight excluding hydrogens is 193 g/mol. The van der Waals surface area contributed by atoms with E-state index >= 15 is 0 Å². The second-order valence-electron chi connectivity index (χ2n) is 3.72. The fourth-order valence-electron chi connectivity index (χ4n) is 1.21. The predicted molar refractivity (Wildman–Crippen MR) is 59.3 cm³/mol. The summed E-state index contributed by atoms with van der Waals surface area (Å²) in [4.78, 5) is 0. The van der Waals surface area contributed by atoms with Gasteiger partial charge in [-0.1, -0.05) is 6.58 Å². The van der Waals surface area contributed by atoms with Crippen molar-refractivity contribution in [1.82, 2.24) is 0 Å². The zero-order valence-electron chi connectivity index (χ0n) is 9.09. The van der Waals surface area contributed by atoms with Crippen molar-refractivity contribution in [3.05, 3.63) is 41.7 Å². The van der Waals surface area contributed by atoms with E-state index in [0.717, 1.165) is 5.57 Å². The lowest BCUT2D eigenvalue weighted by Gasteiger charge is -2.13. The van der Waals surface area contributed by atoms with Gasteiger partial charge in [-0.2, -0.15) is 0 Å². The first-order valence-electron chi connectivity index (χ1n) is 4.83. The standard InChI is InChI=1S/C12H16FNO/c1-8(2)7-15-12-5-4-10(13)6-11(12)9(3)14/h4-6,9H,1,7,14H2,2-3H3/t9-/m1/s1. The molecule has 0 unspecified atom stereocenters. The molecule has 1 aromatic carbocycles. The molecule has 0 heterocycles. The third-order valence-electron chi connectivity index (χ3n) is 1.94. The summed E-state index contributed by atoms with van der Waals surface area (Å²) in [6.07, 6.45) is 0. The molecule has 1 aromatic rings. The Bertz CT molecular complexity index is 361. The second kappa shape index (κ2) is 4.94. The molecule has 0 aliphatic heterocycles. The maximum atomic E-state index is 13.0. The summed E-state index contributed by atoms with van der Waals surface area (Å²) in [7, 11) is 0. The van der Waals surface area contributed by atoms with E-state index in [2.05, 4.69) is 6.58 Å². The highest BCUT2D eigenvalue weighted by Crippen LogP contribution is 2.24. The molecule has 0 aromatic heterocycles. The van der Waals surface area contributed by atoms with Crippen LogP contribution in [0.25, 0.3) is 0 Å². The Morgan fingerprint density at radius 2 is 2.27 bits per heavy atom. The highest BCUT2D eigenvalue weighted by atomic mass is 19.1. The van der Waals surface area contributed by atoms with E-state index in [9.17, 15) is 4.39 Å². The minimum Gasteiger partial charge on any atom is -0.489 e. The first-order chi connectivity index (χ1) is 7.00. The minimum absolute atomic E-state index is 0.249. The van der Waals surface area contributed by atoms with Gasteiger partial charge in [0.25, 0.3) is 0 Å². The van der Waals surface area contributed by atoms with Crippen molar-refractivity contribution in [3.63, 3.8) is 0 Å². The molecule has 0 fully saturated rings. The molecule has 0 amide bonds. The minimum atomic E-state index is -0.301. The van der Waals surface area contributed by atoms with Crippen LogP contribution in [-0.4, -0.2) is 6.61 Å². The maximum absolute atomic E-state index is 13.0. The lowest BCUT2D eigenvalue weighted by molar-refractivity contribution is 0.346. The van der Waals surface area contributed by atoms with Crippen LogP contribution in [0.15, 0.2) is 30.4 Å². The topological polar surface area (TPSA) is 35.2 Å². The normalized spacial score (nSPS) is 12.3. The van der Waals surface area contributed by atoms with Crippen LogP contribution in [0.5, 0.6) is 5.75 Å². The Hall–Kier alpha value is -1.35. The van der Waals surface area contributed by atoms with Crippen LogP contribution in [-0.2, 0) is 0 Å². The van der Waals surface area contributed by atoms with Gasteiger partial charge in [0.05, 0.1) is 0 Å². The molecule has 82 valence electrons. The zero-order valence-corrected chi connectivity index (χ0v) is 9.09. The maximum Gasteiger partial charge on any atom is 0.124 e. The second-order valence-corrected chi connectivity index (χ2v) is 3.72. The predicted octanol–water partition coefficient (Wildman–Crippen LogP) is 2.80. The summed E-state index contributed by atoms with van der Waals surface area (Å²) in [5.74, 6) is 0.319. The third-order valence-corrected chi connectivity index (χ3v) is 1.94. The van der Waals surface area contributed by atoms with E-state index in [0.29, 0.717) is 17.9 Å². The Morgan fingerprint density at radius 1 is 1.60 bits per heavy atom. The molecule has 2 N–H and O–H groups in total. The number of hydrogen-bond donors (Lipinski definition) is 1. The number of halogens is 1. The van der Waals surface area contributed by atoms with Gasteiger partial charge < -0.3 is 10.5 Å². The van der Waals surface area contributed by atoms with E-state index < -0.39 is 0 Å². The summed E-state index contributed by atoms with van der Waals surface area (Å²) in [6.45, 7) is 7.82. The van der Waals surface area contributed by atoms with Crippen LogP contribution >= 0.6 is 0 Å². The average molecular weight is 209 g/mol. The van der Waals surface area contributed by atoms with Crippen LogP contribution in [0.4, 0.5) is 4.39 Å². The number of rotatable bonds is 4. The van der Waals surface area contributed by atoms with E-state index in [4.69, 9.17) is 10.5 Å². The molecule has 0 saturated carbocycles. The zero-order chi connectivity index (χ0) is 11.4. The van der Waals surface area contributed by atoms with Crippen molar-refractivity contribution < 1.29 is 9.13 Å². The van der Waals surface area contributed by atoms with Crippen LogP contribution in [0.1, 0.15) is 25.5 Å². The molecule has 3 heteroatoms. The van der Waals surface area contributed by atoms with Crippen LogP contribution < -0.4 is 10.5 Å². The molecule has 1 atom stereocenters.